The van der Waals surface area contributed by atoms with Crippen LogP contribution in [0, 0.1) is 0 Å². The van der Waals surface area contributed by atoms with Crippen molar-refractivity contribution in [3.8, 4) is 0 Å². The molecule has 78 valence electrons. The van der Waals surface area contributed by atoms with E-state index in [2.05, 4.69) is 15.3 Å². The minimum Gasteiger partial charge on any atom is -0.365 e. The monoisotopic (exact) mass is 221 g/mol. The maximum absolute atomic E-state index is 5.71. The number of hydrogen-bond donors (Lipinski definition) is 1. The van der Waals surface area contributed by atoms with Gasteiger partial charge in [0.2, 0.25) is 0 Å². The van der Waals surface area contributed by atoms with Crippen molar-refractivity contribution in [3.05, 3.63) is 30.5 Å². The van der Waals surface area contributed by atoms with Crippen molar-refractivity contribution in [2.75, 3.05) is 11.2 Å². The molecule has 2 aromatic rings. The summed E-state index contributed by atoms with van der Waals surface area (Å²) in [4.78, 5) is 8.73. The topological polar surface area (TPSA) is 37.8 Å². The molecule has 4 heteroatoms. The fourth-order valence-electron chi connectivity index (χ4n) is 1.32. The van der Waals surface area contributed by atoms with Crippen LogP contribution in [0.25, 0.3) is 11.0 Å². The van der Waals surface area contributed by atoms with Gasteiger partial charge in [0.05, 0.1) is 17.2 Å². The number of halogens is 1. The van der Waals surface area contributed by atoms with Crippen molar-refractivity contribution >= 4 is 28.5 Å². The molecule has 0 saturated carbocycles. The number of aromatic nitrogens is 2. The van der Waals surface area contributed by atoms with Gasteiger partial charge >= 0.3 is 0 Å². The van der Waals surface area contributed by atoms with Crippen molar-refractivity contribution < 1.29 is 0 Å². The minimum absolute atomic E-state index is 0.196. The second kappa shape index (κ2) is 4.45. The highest BCUT2D eigenvalue weighted by molar-refractivity contribution is 6.18. The van der Waals surface area contributed by atoms with Gasteiger partial charge in [0.15, 0.2) is 0 Å². The van der Waals surface area contributed by atoms with E-state index in [0.717, 1.165) is 16.9 Å². The summed E-state index contributed by atoms with van der Waals surface area (Å²) in [6.45, 7) is 2.00. The third-order valence-electron chi connectivity index (χ3n) is 2.07. The first kappa shape index (κ1) is 10.2. The van der Waals surface area contributed by atoms with Crippen molar-refractivity contribution in [3.63, 3.8) is 0 Å². The molecule has 0 radical (unpaired) electrons. The molecular weight excluding hydrogens is 210 g/mol. The molecule has 0 spiro atoms. The number of anilines is 1. The molecule has 0 fully saturated rings. The normalized spacial score (nSPS) is 12.7. The van der Waals surface area contributed by atoms with Gasteiger partial charge < -0.3 is 5.32 Å². The van der Waals surface area contributed by atoms with Gasteiger partial charge in [-0.3, -0.25) is 4.98 Å². The molecule has 1 aromatic carbocycles. The predicted octanol–water partition coefficient (Wildman–Crippen LogP) is 2.67. The van der Waals surface area contributed by atoms with Crippen LogP contribution in [0.15, 0.2) is 30.5 Å². The average molecular weight is 222 g/mol. The van der Waals surface area contributed by atoms with E-state index in [1.165, 1.54) is 0 Å². The third-order valence-corrected chi connectivity index (χ3v) is 2.54. The Labute approximate surface area is 93.5 Å². The van der Waals surface area contributed by atoms with E-state index in [1.54, 1.807) is 6.20 Å². The summed E-state index contributed by atoms with van der Waals surface area (Å²) in [7, 11) is 0. The van der Waals surface area contributed by atoms with Gasteiger partial charge in [0, 0.05) is 11.9 Å². The fraction of sp³-hybridized carbons (Fsp3) is 0.273. The largest absolute Gasteiger partial charge is 0.365 e. The Morgan fingerprint density at radius 3 is 2.80 bits per heavy atom. The fourth-order valence-corrected chi connectivity index (χ4v) is 1.39. The molecule has 2 rings (SSSR count). The molecule has 0 aliphatic carbocycles. The van der Waals surface area contributed by atoms with E-state index < -0.39 is 0 Å². The van der Waals surface area contributed by atoms with Crippen molar-refractivity contribution in [1.29, 1.82) is 0 Å². The molecule has 3 nitrogen and oxygen atoms in total. The van der Waals surface area contributed by atoms with Gasteiger partial charge in [-0.1, -0.05) is 12.1 Å². The highest BCUT2D eigenvalue weighted by Gasteiger charge is 2.02. The van der Waals surface area contributed by atoms with Crippen LogP contribution in [0.4, 0.5) is 5.82 Å². The molecule has 0 bridgehead atoms. The Hall–Kier alpha value is -1.35. The Morgan fingerprint density at radius 2 is 2.07 bits per heavy atom. The van der Waals surface area contributed by atoms with Crippen LogP contribution in [0.1, 0.15) is 6.92 Å². The predicted molar refractivity (Wildman–Crippen MR) is 63.3 cm³/mol. The van der Waals surface area contributed by atoms with Crippen LogP contribution in [-0.4, -0.2) is 21.9 Å². The molecule has 1 unspecified atom stereocenters. The number of alkyl halides is 1. The molecule has 1 atom stereocenters. The number of para-hydroxylation sites is 2. The lowest BCUT2D eigenvalue weighted by molar-refractivity contribution is 0.897. The Kier molecular flexibility index (Phi) is 3.02. The first-order valence-electron chi connectivity index (χ1n) is 4.84. The number of benzene rings is 1. The Bertz CT molecular complexity index is 458. The van der Waals surface area contributed by atoms with E-state index in [9.17, 15) is 0 Å². The first-order chi connectivity index (χ1) is 7.29. The molecule has 0 aliphatic rings. The van der Waals surface area contributed by atoms with Gasteiger partial charge in [0.1, 0.15) is 5.82 Å². The summed E-state index contributed by atoms with van der Waals surface area (Å²) in [6, 6.07) is 7.98. The van der Waals surface area contributed by atoms with Gasteiger partial charge in [-0.25, -0.2) is 4.98 Å². The minimum atomic E-state index is 0.196. The van der Waals surface area contributed by atoms with Gasteiger partial charge in [-0.2, -0.15) is 0 Å². The van der Waals surface area contributed by atoms with Gasteiger partial charge in [-0.15, -0.1) is 11.6 Å². The maximum Gasteiger partial charge on any atom is 0.145 e. The second-order valence-corrected chi connectivity index (χ2v) is 3.75. The number of hydrogen-bond acceptors (Lipinski definition) is 3. The lowest BCUT2D eigenvalue weighted by atomic mass is 10.3. The number of nitrogens with one attached hydrogen (secondary N) is 1. The van der Waals surface area contributed by atoms with Crippen LogP contribution in [0.2, 0.25) is 0 Å². The lowest BCUT2D eigenvalue weighted by Gasteiger charge is -2.10. The highest BCUT2D eigenvalue weighted by atomic mass is 35.5. The van der Waals surface area contributed by atoms with E-state index in [0.29, 0.717) is 5.88 Å². The SMILES string of the molecule is CC(CCl)Nc1cnc2ccccc2n1. The summed E-state index contributed by atoms with van der Waals surface area (Å²) in [5.41, 5.74) is 1.80. The van der Waals surface area contributed by atoms with Crippen molar-refractivity contribution in [1.82, 2.24) is 9.97 Å². The van der Waals surface area contributed by atoms with Crippen LogP contribution in [-0.2, 0) is 0 Å². The van der Waals surface area contributed by atoms with E-state index in [4.69, 9.17) is 11.6 Å². The molecule has 0 aliphatic heterocycles. The summed E-state index contributed by atoms with van der Waals surface area (Å²) in [5, 5.41) is 3.18. The zero-order valence-electron chi connectivity index (χ0n) is 8.44. The van der Waals surface area contributed by atoms with Crippen molar-refractivity contribution in [2.24, 2.45) is 0 Å². The van der Waals surface area contributed by atoms with E-state index in [-0.39, 0.29) is 6.04 Å². The summed E-state index contributed by atoms with van der Waals surface area (Å²) in [6.07, 6.45) is 1.73. The van der Waals surface area contributed by atoms with Crippen LogP contribution < -0.4 is 5.32 Å². The standard InChI is InChI=1S/C11H12ClN3/c1-8(6-12)14-11-7-13-9-4-2-3-5-10(9)15-11/h2-5,7-8H,6H2,1H3,(H,14,15). The Morgan fingerprint density at radius 1 is 1.33 bits per heavy atom. The number of fused-ring (bicyclic) bond motifs is 1. The zero-order chi connectivity index (χ0) is 10.7. The smallest absolute Gasteiger partial charge is 0.145 e. The highest BCUT2D eigenvalue weighted by Crippen LogP contribution is 2.12. The zero-order valence-corrected chi connectivity index (χ0v) is 9.20. The van der Waals surface area contributed by atoms with Gasteiger partial charge in [0.25, 0.3) is 0 Å². The molecule has 1 heterocycles. The van der Waals surface area contributed by atoms with Gasteiger partial charge in [-0.05, 0) is 19.1 Å². The van der Waals surface area contributed by atoms with Crippen LogP contribution >= 0.6 is 11.6 Å². The molecule has 0 amide bonds. The van der Waals surface area contributed by atoms with E-state index in [1.807, 2.05) is 31.2 Å². The second-order valence-electron chi connectivity index (χ2n) is 3.44. The molecule has 15 heavy (non-hydrogen) atoms. The third kappa shape index (κ3) is 2.36. The number of nitrogens with zero attached hydrogens (tertiary/aromatic N) is 2. The van der Waals surface area contributed by atoms with E-state index >= 15 is 0 Å². The summed E-state index contributed by atoms with van der Waals surface area (Å²) in [5.74, 6) is 1.32. The number of rotatable bonds is 3. The molecule has 1 aromatic heterocycles. The molecular formula is C11H12ClN3. The molecule has 0 saturated heterocycles. The maximum atomic E-state index is 5.71. The summed E-state index contributed by atoms with van der Waals surface area (Å²) < 4.78 is 0. The lowest BCUT2D eigenvalue weighted by Crippen LogP contribution is -2.17. The Balaban J connectivity index is 2.30. The summed E-state index contributed by atoms with van der Waals surface area (Å²) >= 11 is 5.71. The van der Waals surface area contributed by atoms with Crippen molar-refractivity contribution in [2.45, 2.75) is 13.0 Å². The molecule has 1 N–H and O–H groups in total. The first-order valence-corrected chi connectivity index (χ1v) is 5.37. The quantitative estimate of drug-likeness (QED) is 0.810. The van der Waals surface area contributed by atoms with Crippen LogP contribution in [0.5, 0.6) is 0 Å². The van der Waals surface area contributed by atoms with Crippen LogP contribution in [0.3, 0.4) is 0 Å². The average Bonchev–Trinajstić information content (AvgIpc) is 2.29.